The van der Waals surface area contributed by atoms with Crippen molar-refractivity contribution < 1.29 is 37.3 Å². The fraction of sp³-hybridized carbons (Fsp3) is 0.742. The lowest BCUT2D eigenvalue weighted by Crippen LogP contribution is -2.47. The average molecular weight is 1030 g/mol. The van der Waals surface area contributed by atoms with Gasteiger partial charge in [-0.15, -0.1) is 0 Å². The van der Waals surface area contributed by atoms with E-state index in [9.17, 15) is 19.0 Å². The van der Waals surface area contributed by atoms with Crippen LogP contribution in [0.2, 0.25) is 0 Å². The molecule has 416 valence electrons. The molecule has 72 heavy (non-hydrogen) atoms. The van der Waals surface area contributed by atoms with Crippen molar-refractivity contribution >= 4 is 19.7 Å². The van der Waals surface area contributed by atoms with E-state index >= 15 is 0 Å². The summed E-state index contributed by atoms with van der Waals surface area (Å²) in [7, 11) is 1.47. The third kappa shape index (κ3) is 52.1. The molecule has 0 aliphatic carbocycles. The summed E-state index contributed by atoms with van der Waals surface area (Å²) in [6.45, 7) is 6.84. The Balaban J connectivity index is 5.30. The standard InChI is InChI=1S/C62H111N2O7P/c1-7-10-13-16-19-22-25-27-29-30-31-32-33-34-35-36-39-42-45-48-51-54-61(65)63-59(58-70-72(67,68)69-57-56-64(4,5)6)60(53-50-47-44-41-38-24-21-18-15-12-9-3)71-62(66)55-52-49-46-43-40-37-28-26-23-20-17-14-11-8-2/h11,14,19-20,22-23,27,29,31-32,34-35,50,53,59-60H,7-10,12-13,15-18,21,24-26,28,30,33,36-49,51-52,54-58H2,1-6H3,(H-,63,65,67,68)/p+1/b14-11+,22-19-,23-20+,29-27-,32-31-,35-34-,53-50-. The van der Waals surface area contributed by atoms with Crippen LogP contribution in [0.3, 0.4) is 0 Å². The summed E-state index contributed by atoms with van der Waals surface area (Å²) in [5.74, 6) is -0.540. The van der Waals surface area contributed by atoms with Gasteiger partial charge < -0.3 is 19.4 Å². The highest BCUT2D eigenvalue weighted by atomic mass is 31.2. The van der Waals surface area contributed by atoms with E-state index in [0.717, 1.165) is 122 Å². The second kappa shape index (κ2) is 51.7. The molecule has 2 N–H and O–H groups in total. The zero-order valence-corrected chi connectivity index (χ0v) is 48.3. The lowest BCUT2D eigenvalue weighted by Gasteiger charge is -2.27. The molecule has 0 aromatic heterocycles. The van der Waals surface area contributed by atoms with Crippen molar-refractivity contribution in [2.24, 2.45) is 0 Å². The van der Waals surface area contributed by atoms with E-state index in [1.165, 1.54) is 89.9 Å². The quantitative estimate of drug-likeness (QED) is 0.0205. The second-order valence-corrected chi connectivity index (χ2v) is 22.2. The first-order chi connectivity index (χ1) is 34.9. The summed E-state index contributed by atoms with van der Waals surface area (Å²) < 4.78 is 30.6. The van der Waals surface area contributed by atoms with Gasteiger partial charge in [0.15, 0.2) is 0 Å². The van der Waals surface area contributed by atoms with Crippen LogP contribution in [0, 0.1) is 0 Å². The summed E-state index contributed by atoms with van der Waals surface area (Å²) in [5, 5.41) is 3.04. The van der Waals surface area contributed by atoms with Gasteiger partial charge in [-0.1, -0.05) is 215 Å². The summed E-state index contributed by atoms with van der Waals surface area (Å²) >= 11 is 0. The lowest BCUT2D eigenvalue weighted by atomic mass is 10.1. The molecular formula is C62H112N2O7P+. The van der Waals surface area contributed by atoms with Crippen LogP contribution in [0.5, 0.6) is 0 Å². The number of ether oxygens (including phenoxy) is 1. The first-order valence-electron chi connectivity index (χ1n) is 29.4. The Morgan fingerprint density at radius 2 is 0.889 bits per heavy atom. The highest BCUT2D eigenvalue weighted by Crippen LogP contribution is 2.43. The Kier molecular flexibility index (Phi) is 49.6. The minimum absolute atomic E-state index is 0.0312. The number of rotatable bonds is 52. The van der Waals surface area contributed by atoms with Gasteiger partial charge >= 0.3 is 13.8 Å². The van der Waals surface area contributed by atoms with Crippen LogP contribution in [0.1, 0.15) is 245 Å². The molecule has 0 saturated carbocycles. The smallest absolute Gasteiger partial charge is 0.456 e. The number of quaternary nitrogens is 1. The molecule has 9 nitrogen and oxygen atoms in total. The molecule has 0 rings (SSSR count). The zero-order chi connectivity index (χ0) is 52.9. The normalized spacial score (nSPS) is 14.4. The first-order valence-corrected chi connectivity index (χ1v) is 30.9. The molecule has 1 amide bonds. The minimum Gasteiger partial charge on any atom is -0.456 e. The average Bonchev–Trinajstić information content (AvgIpc) is 3.34. The zero-order valence-electron chi connectivity index (χ0n) is 47.4. The number of nitrogens with one attached hydrogen (secondary N) is 1. The molecule has 0 heterocycles. The number of esters is 1. The summed E-state index contributed by atoms with van der Waals surface area (Å²) in [6.07, 6.45) is 67.2. The van der Waals surface area contributed by atoms with E-state index in [1.54, 1.807) is 0 Å². The SMILES string of the molecule is CC/C=C/C/C=C/CCCCCCCCCC(=O)OC(/C=C\CCCCCCCCCCC)C(COP(=O)(O)OCC[N+](C)(C)C)NC(=O)CCCCCCC/C=C\C/C=C\C/C=C\C/C=C\CCCCC. The van der Waals surface area contributed by atoms with Crippen molar-refractivity contribution in [3.05, 3.63) is 85.1 Å². The molecule has 0 saturated heterocycles. The highest BCUT2D eigenvalue weighted by Gasteiger charge is 2.30. The van der Waals surface area contributed by atoms with Crippen LogP contribution in [-0.4, -0.2) is 74.3 Å². The number of carbonyl (C=O) groups excluding carboxylic acids is 2. The Hall–Kier alpha value is -2.81. The molecule has 0 aliphatic heterocycles. The van der Waals surface area contributed by atoms with Crippen molar-refractivity contribution in [2.75, 3.05) is 40.9 Å². The van der Waals surface area contributed by atoms with Crippen LogP contribution in [0.25, 0.3) is 0 Å². The van der Waals surface area contributed by atoms with Crippen molar-refractivity contribution in [1.82, 2.24) is 5.32 Å². The number of likely N-dealkylation sites (N-methyl/N-ethyl adjacent to an activating group) is 1. The topological polar surface area (TPSA) is 111 Å². The summed E-state index contributed by atoms with van der Waals surface area (Å²) in [5.41, 5.74) is 0. The van der Waals surface area contributed by atoms with Crippen molar-refractivity contribution in [1.29, 1.82) is 0 Å². The fourth-order valence-electron chi connectivity index (χ4n) is 8.02. The molecule has 0 spiro atoms. The van der Waals surface area contributed by atoms with Gasteiger partial charge in [-0.05, 0) is 102 Å². The number of hydrogen-bond acceptors (Lipinski definition) is 6. The monoisotopic (exact) mass is 1030 g/mol. The molecule has 0 aromatic rings. The van der Waals surface area contributed by atoms with E-state index in [4.69, 9.17) is 13.8 Å². The maximum absolute atomic E-state index is 13.5. The molecular weight excluding hydrogens is 916 g/mol. The van der Waals surface area contributed by atoms with E-state index < -0.39 is 20.0 Å². The van der Waals surface area contributed by atoms with E-state index in [2.05, 4.69) is 99.0 Å². The van der Waals surface area contributed by atoms with E-state index in [1.807, 2.05) is 33.3 Å². The minimum atomic E-state index is -4.45. The Morgan fingerprint density at radius 3 is 1.36 bits per heavy atom. The molecule has 0 aliphatic rings. The lowest BCUT2D eigenvalue weighted by molar-refractivity contribution is -0.870. The van der Waals surface area contributed by atoms with Gasteiger partial charge in [0.25, 0.3) is 0 Å². The number of nitrogens with zero attached hydrogens (tertiary/aromatic N) is 1. The maximum atomic E-state index is 13.5. The van der Waals surface area contributed by atoms with Crippen LogP contribution in [0.4, 0.5) is 0 Å². The molecule has 3 atom stereocenters. The van der Waals surface area contributed by atoms with Gasteiger partial charge in [-0.3, -0.25) is 18.6 Å². The summed E-state index contributed by atoms with van der Waals surface area (Å²) in [6, 6.07) is -0.864. The van der Waals surface area contributed by atoms with E-state index in [-0.39, 0.29) is 31.5 Å². The Morgan fingerprint density at radius 1 is 0.500 bits per heavy atom. The van der Waals surface area contributed by atoms with Gasteiger partial charge in [0, 0.05) is 12.8 Å². The third-order valence-corrected chi connectivity index (χ3v) is 13.6. The molecule has 0 radical (unpaired) electrons. The second-order valence-electron chi connectivity index (χ2n) is 20.8. The number of phosphoric ester groups is 1. The largest absolute Gasteiger partial charge is 0.472 e. The molecule has 0 fully saturated rings. The van der Waals surface area contributed by atoms with Crippen LogP contribution >= 0.6 is 7.82 Å². The first kappa shape index (κ1) is 69.2. The number of phosphoric acid groups is 1. The number of hydrogen-bond donors (Lipinski definition) is 2. The summed E-state index contributed by atoms with van der Waals surface area (Å²) in [4.78, 5) is 37.6. The van der Waals surface area contributed by atoms with Gasteiger partial charge in [0.1, 0.15) is 19.3 Å². The van der Waals surface area contributed by atoms with E-state index in [0.29, 0.717) is 17.4 Å². The number of carbonyl (C=O) groups is 2. The Bertz CT molecular complexity index is 1510. The van der Waals surface area contributed by atoms with Crippen LogP contribution in [0.15, 0.2) is 85.1 Å². The van der Waals surface area contributed by atoms with Crippen molar-refractivity contribution in [3.8, 4) is 0 Å². The number of allylic oxidation sites excluding steroid dienone is 13. The van der Waals surface area contributed by atoms with Crippen molar-refractivity contribution in [2.45, 2.75) is 258 Å². The highest BCUT2D eigenvalue weighted by molar-refractivity contribution is 7.47. The molecule has 0 aromatic carbocycles. The Labute approximate surface area is 444 Å². The van der Waals surface area contributed by atoms with Crippen molar-refractivity contribution in [3.63, 3.8) is 0 Å². The molecule has 10 heteroatoms. The van der Waals surface area contributed by atoms with Gasteiger partial charge in [-0.2, -0.15) is 0 Å². The molecule has 3 unspecified atom stereocenters. The third-order valence-electron chi connectivity index (χ3n) is 12.6. The number of unbranched alkanes of at least 4 members (excludes halogenated alkanes) is 24. The fourth-order valence-corrected chi connectivity index (χ4v) is 8.75. The predicted octanol–water partition coefficient (Wildman–Crippen LogP) is 17.8. The maximum Gasteiger partial charge on any atom is 0.472 e. The van der Waals surface area contributed by atoms with Gasteiger partial charge in [-0.25, -0.2) is 4.57 Å². The van der Waals surface area contributed by atoms with Gasteiger partial charge in [0.05, 0.1) is 33.8 Å². The van der Waals surface area contributed by atoms with Gasteiger partial charge in [0.2, 0.25) is 5.91 Å². The number of amides is 1. The predicted molar refractivity (Wildman–Crippen MR) is 309 cm³/mol. The molecule has 0 bridgehead atoms. The van der Waals surface area contributed by atoms with Crippen LogP contribution < -0.4 is 5.32 Å². The van der Waals surface area contributed by atoms with Crippen LogP contribution in [-0.2, 0) is 27.9 Å².